The summed E-state index contributed by atoms with van der Waals surface area (Å²) in [5, 5.41) is 157. The van der Waals surface area contributed by atoms with Crippen molar-refractivity contribution in [3.8, 4) is 22.5 Å². The first kappa shape index (κ1) is 58.9. The second kappa shape index (κ2) is 22.1. The number of nitrogens with zero attached hydrogens (tertiary/aromatic N) is 15. The second-order valence-electron chi connectivity index (χ2n) is 18.8. The Hall–Kier alpha value is -14.3. The third kappa shape index (κ3) is 10.2. The van der Waals surface area contributed by atoms with E-state index in [1.54, 1.807) is 0 Å². The molecule has 1 aromatic heterocycles. The smallest absolute Gasteiger partial charge is 0.346 e. The second-order valence-corrected chi connectivity index (χ2v) is 18.8. The first-order chi connectivity index (χ1) is 42.6. The van der Waals surface area contributed by atoms with Crippen molar-refractivity contribution in [1.29, 1.82) is 0 Å². The molecule has 3 N–H and O–H groups in total. The number of rotatable bonds is 18. The normalized spacial score (nSPS) is 15.4. The number of aromatic nitrogens is 2. The van der Waals surface area contributed by atoms with Crippen LogP contribution in [0, 0.1) is 121 Å². The van der Waals surface area contributed by atoms with Crippen LogP contribution < -0.4 is 16.0 Å². The molecule has 0 amide bonds. The topological polar surface area (TPSA) is 592 Å². The number of aliphatic imine (C=N–C) groups is 1. The summed E-state index contributed by atoms with van der Waals surface area (Å²) in [6, 6.07) is 8.44. The van der Waals surface area contributed by atoms with E-state index in [9.17, 15) is 121 Å². The predicted octanol–water partition coefficient (Wildman–Crippen LogP) is 8.35. The number of nitrogens with one attached hydrogen (secondary N) is 3. The van der Waals surface area contributed by atoms with E-state index in [-0.39, 0.29) is 22.4 Å². The monoisotopic (exact) mass is 1240 g/mol. The van der Waals surface area contributed by atoms with Crippen LogP contribution in [-0.4, -0.2) is 80.8 Å². The van der Waals surface area contributed by atoms with Crippen LogP contribution in [0.1, 0.15) is 45.7 Å². The number of nitro groups is 12. The Balaban J connectivity index is 1.38. The zero-order valence-electron chi connectivity index (χ0n) is 43.6. The van der Waals surface area contributed by atoms with E-state index in [1.165, 1.54) is 0 Å². The van der Waals surface area contributed by atoms with Crippen LogP contribution in [0.5, 0.6) is 0 Å². The fraction of sp³-hybridized carbons (Fsp3) is 0.0625. The van der Waals surface area contributed by atoms with Crippen molar-refractivity contribution in [1.82, 2.24) is 25.9 Å². The lowest BCUT2D eigenvalue weighted by molar-refractivity contribution is -0.422. The van der Waals surface area contributed by atoms with Crippen LogP contribution in [0.4, 0.5) is 68.2 Å². The van der Waals surface area contributed by atoms with Gasteiger partial charge in [0.1, 0.15) is 11.4 Å². The molecule has 1 aliphatic carbocycles. The standard InChI is InChI=1S/C48H24N18O24/c67-55(68)25-7-1-19(13-31(25)61(79)80)37-38(20-2-8-26(56(69)70)32(14-20)62(81)82)50-44-43(49-37)45-47(53-40(22-4-10-28(58(73)74)34(16-22)64(85)86)39(51-45)21-3-9-27(57(71)72)33(15-21)63(83)84)48-46(44)52-41(23-5-11-29(59(75)76)35(17-23)65(87)88)42(54-48)24-6-12-30(60(77)78)36(18-24)66(89)90/h1-18,37,45,47,49,51,53H. The highest BCUT2D eigenvalue weighted by Gasteiger charge is 2.48. The first-order valence-electron chi connectivity index (χ1n) is 24.4. The highest BCUT2D eigenvalue weighted by molar-refractivity contribution is 6.10. The molecule has 3 atom stereocenters. The quantitative estimate of drug-likeness (QED) is 0.0536. The molecule has 2 aliphatic heterocycles. The largest absolute Gasteiger partial charge is 0.373 e. The van der Waals surface area contributed by atoms with E-state index in [1.807, 2.05) is 0 Å². The molecule has 0 bridgehead atoms. The van der Waals surface area contributed by atoms with Gasteiger partial charge in [-0.15, -0.1) is 0 Å². The molecule has 0 fully saturated rings. The van der Waals surface area contributed by atoms with Crippen molar-refractivity contribution >= 4 is 91.1 Å². The number of fused-ring (bicyclic) bond motifs is 5. The molecule has 42 nitrogen and oxygen atoms in total. The molecule has 0 saturated carbocycles. The molecule has 450 valence electrons. The summed E-state index contributed by atoms with van der Waals surface area (Å²) in [4.78, 5) is 148. The molecule has 0 saturated heterocycles. The summed E-state index contributed by atoms with van der Waals surface area (Å²) in [7, 11) is 0. The van der Waals surface area contributed by atoms with E-state index in [0.717, 1.165) is 36.4 Å². The van der Waals surface area contributed by atoms with Gasteiger partial charge < -0.3 is 16.0 Å². The highest BCUT2D eigenvalue weighted by Crippen LogP contribution is 2.49. The molecule has 7 aromatic rings. The van der Waals surface area contributed by atoms with Gasteiger partial charge in [-0.3, -0.25) is 121 Å². The minimum atomic E-state index is -1.77. The number of nitro benzene ring substituents is 12. The van der Waals surface area contributed by atoms with Gasteiger partial charge in [0.2, 0.25) is 0 Å². The summed E-state index contributed by atoms with van der Waals surface area (Å²) in [5.41, 5.74) is -20.3. The molecule has 0 spiro atoms. The molecule has 0 radical (unpaired) electrons. The van der Waals surface area contributed by atoms with Crippen molar-refractivity contribution in [2.45, 2.75) is 18.1 Å². The molecule has 42 heteroatoms. The van der Waals surface area contributed by atoms with E-state index in [0.29, 0.717) is 72.8 Å². The van der Waals surface area contributed by atoms with Crippen LogP contribution >= 0.6 is 0 Å². The van der Waals surface area contributed by atoms with Gasteiger partial charge in [0.05, 0.1) is 117 Å². The zero-order valence-corrected chi connectivity index (χ0v) is 43.6. The Morgan fingerprint density at radius 3 is 0.978 bits per heavy atom. The van der Waals surface area contributed by atoms with Crippen molar-refractivity contribution in [3.05, 3.63) is 270 Å². The van der Waals surface area contributed by atoms with Crippen LogP contribution in [0.2, 0.25) is 0 Å². The maximum Gasteiger partial charge on any atom is 0.346 e. The summed E-state index contributed by atoms with van der Waals surface area (Å²) >= 11 is 0. The third-order valence-corrected chi connectivity index (χ3v) is 14.0. The van der Waals surface area contributed by atoms with E-state index >= 15 is 0 Å². The van der Waals surface area contributed by atoms with Gasteiger partial charge in [-0.25, -0.2) is 15.0 Å². The van der Waals surface area contributed by atoms with Gasteiger partial charge in [-0.2, -0.15) is 0 Å². The summed E-state index contributed by atoms with van der Waals surface area (Å²) in [6.07, 6.45) is 0. The third-order valence-electron chi connectivity index (χ3n) is 14.0. The fourth-order valence-corrected chi connectivity index (χ4v) is 10.1. The molecule has 3 unspecified atom stereocenters. The number of hydrogen-bond acceptors (Lipinski definition) is 30. The summed E-state index contributed by atoms with van der Waals surface area (Å²) in [5.74, 6) is 0. The Bertz CT molecular complexity index is 4680. The summed E-state index contributed by atoms with van der Waals surface area (Å²) in [6.45, 7) is 0. The number of benzene rings is 6. The van der Waals surface area contributed by atoms with Crippen LogP contribution in [0.3, 0.4) is 0 Å². The molecule has 90 heavy (non-hydrogen) atoms. The zero-order chi connectivity index (χ0) is 65.2. The lowest BCUT2D eigenvalue weighted by Crippen LogP contribution is -2.53. The minimum Gasteiger partial charge on any atom is -0.373 e. The van der Waals surface area contributed by atoms with Gasteiger partial charge in [0.25, 0.3) is 0 Å². The lowest BCUT2D eigenvalue weighted by Gasteiger charge is -2.44. The van der Waals surface area contributed by atoms with Crippen LogP contribution in [0.15, 0.2) is 120 Å². The fourth-order valence-electron chi connectivity index (χ4n) is 10.1. The maximum absolute atomic E-state index is 12.5. The van der Waals surface area contributed by atoms with Crippen LogP contribution in [0.25, 0.3) is 39.6 Å². The Morgan fingerprint density at radius 1 is 0.300 bits per heavy atom. The number of hydrogen-bond donors (Lipinski definition) is 3. The van der Waals surface area contributed by atoms with E-state index in [2.05, 4.69) is 16.0 Å². The predicted molar refractivity (Wildman–Crippen MR) is 297 cm³/mol. The van der Waals surface area contributed by atoms with Crippen molar-refractivity contribution < 1.29 is 59.1 Å². The van der Waals surface area contributed by atoms with Gasteiger partial charge in [-0.05, 0) is 42.0 Å². The Morgan fingerprint density at radius 2 is 0.600 bits per heavy atom. The highest BCUT2D eigenvalue weighted by atomic mass is 16.7. The van der Waals surface area contributed by atoms with Crippen molar-refractivity contribution in [2.24, 2.45) is 4.99 Å². The molecule has 10 rings (SSSR count). The van der Waals surface area contributed by atoms with E-state index in [4.69, 9.17) is 15.0 Å². The Kier molecular flexibility index (Phi) is 14.4. The van der Waals surface area contributed by atoms with Gasteiger partial charge in [-0.1, -0.05) is 0 Å². The van der Waals surface area contributed by atoms with Gasteiger partial charge in [0, 0.05) is 101 Å². The SMILES string of the molecule is O=[N+]([O-])c1ccc(C2=NC3=C(NC2c2ccc([N+](=O)[O-])c([N+](=O)[O-])c2)C2NC(c4ccc([N+](=O)[O-])c([N+](=O)[O-])c4)=C(c4ccc([N+](=O)[O-])c([N+](=O)[O-])c4)NC2c2nc(-c4ccc([N+](=O)[O-])c([N+](=O)[O-])c4)c(-c4ccc([N+](=O)[O-])c([N+](=O)[O-])c4)nc23)cc1[N+](=O)[O-]. The first-order valence-corrected chi connectivity index (χ1v) is 24.4. The molecule has 3 aliphatic rings. The molecule has 3 heterocycles. The molecule has 6 aromatic carbocycles. The Labute approximate surface area is 490 Å². The molecular formula is C48H24N18O24. The minimum absolute atomic E-state index is 0.328. The van der Waals surface area contributed by atoms with Gasteiger partial charge in [0.15, 0.2) is 0 Å². The average Bonchev–Trinajstić information content (AvgIpc) is 0.713. The van der Waals surface area contributed by atoms with Crippen molar-refractivity contribution in [3.63, 3.8) is 0 Å². The lowest BCUT2D eigenvalue weighted by atomic mass is 9.83. The average molecular weight is 1240 g/mol. The summed E-state index contributed by atoms with van der Waals surface area (Å²) < 4.78 is 0. The van der Waals surface area contributed by atoms with Crippen LogP contribution in [-0.2, 0) is 0 Å². The molecular weight excluding hydrogens is 1210 g/mol. The van der Waals surface area contributed by atoms with Gasteiger partial charge >= 0.3 is 68.2 Å². The maximum atomic E-state index is 12.5. The van der Waals surface area contributed by atoms with E-state index < -0.39 is 208 Å². The van der Waals surface area contributed by atoms with Crippen molar-refractivity contribution in [2.75, 3.05) is 0 Å².